The van der Waals surface area contributed by atoms with Crippen molar-refractivity contribution in [3.8, 4) is 5.75 Å². The van der Waals surface area contributed by atoms with E-state index < -0.39 is 0 Å². The topological polar surface area (TPSA) is 80.0 Å². The van der Waals surface area contributed by atoms with E-state index in [2.05, 4.69) is 37.4 Å². The van der Waals surface area contributed by atoms with E-state index in [4.69, 9.17) is 14.5 Å². The molecule has 0 radical (unpaired) electrons. The first kappa shape index (κ1) is 26.2. The Morgan fingerprint density at radius 2 is 1.97 bits per heavy atom. The van der Waals surface area contributed by atoms with E-state index in [1.54, 1.807) is 7.11 Å². The van der Waals surface area contributed by atoms with Crippen molar-refractivity contribution in [2.75, 3.05) is 57.9 Å². The fourth-order valence-electron chi connectivity index (χ4n) is 3.50. The molecule has 32 heavy (non-hydrogen) atoms. The zero-order valence-electron chi connectivity index (χ0n) is 19.6. The van der Waals surface area contributed by atoms with Gasteiger partial charge in [-0.25, -0.2) is 4.99 Å². The van der Waals surface area contributed by atoms with Gasteiger partial charge in [0.05, 0.1) is 7.11 Å². The molecule has 10 heteroatoms. The van der Waals surface area contributed by atoms with Crippen LogP contribution in [-0.2, 0) is 18.3 Å². The predicted octanol–water partition coefficient (Wildman–Crippen LogP) is 2.44. The first-order chi connectivity index (χ1) is 15.1. The minimum absolute atomic E-state index is 0. The molecule has 1 fully saturated rings. The van der Waals surface area contributed by atoms with Crippen LogP contribution in [0, 0.1) is 6.92 Å². The number of rotatable bonds is 9. The fourth-order valence-corrected chi connectivity index (χ4v) is 3.50. The maximum atomic E-state index is 5.46. The lowest BCUT2D eigenvalue weighted by Crippen LogP contribution is -2.52. The summed E-state index contributed by atoms with van der Waals surface area (Å²) in [6.45, 7) is 10.4. The molecule has 0 aliphatic carbocycles. The Labute approximate surface area is 208 Å². The molecule has 1 aliphatic heterocycles. The Hall–Kier alpha value is -2.08. The zero-order valence-corrected chi connectivity index (χ0v) is 21.9. The van der Waals surface area contributed by atoms with Gasteiger partial charge in [0.1, 0.15) is 18.1 Å². The number of halogens is 1. The fraction of sp³-hybridized carbons (Fsp3) is 0.591. The SMILES string of the molecule is CCOCCCNC(=NCc1nnc(C)n1C)N1CCN(c2cccc(OC)c2)CC1.I. The molecule has 0 spiro atoms. The lowest BCUT2D eigenvalue weighted by molar-refractivity contribution is 0.145. The highest BCUT2D eigenvalue weighted by Crippen LogP contribution is 2.22. The number of hydrogen-bond acceptors (Lipinski definition) is 6. The van der Waals surface area contributed by atoms with Crippen molar-refractivity contribution in [1.82, 2.24) is 25.0 Å². The molecule has 9 nitrogen and oxygen atoms in total. The number of hydrogen-bond donors (Lipinski definition) is 1. The molecule has 1 aliphatic rings. The number of anilines is 1. The summed E-state index contributed by atoms with van der Waals surface area (Å²) in [5.41, 5.74) is 1.19. The smallest absolute Gasteiger partial charge is 0.194 e. The number of guanidine groups is 1. The Morgan fingerprint density at radius 3 is 2.62 bits per heavy atom. The van der Waals surface area contributed by atoms with Crippen molar-refractivity contribution in [3.05, 3.63) is 35.9 Å². The van der Waals surface area contributed by atoms with Crippen LogP contribution in [-0.4, -0.2) is 78.7 Å². The van der Waals surface area contributed by atoms with Gasteiger partial charge in [0, 0.05) is 64.7 Å². The second-order valence-electron chi connectivity index (χ2n) is 7.52. The summed E-state index contributed by atoms with van der Waals surface area (Å²) in [6.07, 6.45) is 0.944. The molecule has 2 heterocycles. The largest absolute Gasteiger partial charge is 0.497 e. The number of nitrogens with one attached hydrogen (secondary N) is 1. The summed E-state index contributed by atoms with van der Waals surface area (Å²) in [5, 5.41) is 11.9. The van der Waals surface area contributed by atoms with Gasteiger partial charge in [0.15, 0.2) is 11.8 Å². The van der Waals surface area contributed by atoms with Crippen LogP contribution in [0.3, 0.4) is 0 Å². The summed E-state index contributed by atoms with van der Waals surface area (Å²) < 4.78 is 12.8. The van der Waals surface area contributed by atoms with Crippen LogP contribution in [0.5, 0.6) is 5.75 Å². The van der Waals surface area contributed by atoms with Gasteiger partial charge in [0.25, 0.3) is 0 Å². The lowest BCUT2D eigenvalue weighted by Gasteiger charge is -2.38. The Bertz CT molecular complexity index is 851. The van der Waals surface area contributed by atoms with Gasteiger partial charge >= 0.3 is 0 Å². The number of methoxy groups -OCH3 is 1. The first-order valence-corrected chi connectivity index (χ1v) is 11.0. The molecule has 1 aromatic carbocycles. The lowest BCUT2D eigenvalue weighted by atomic mass is 10.2. The van der Waals surface area contributed by atoms with Crippen molar-refractivity contribution in [2.45, 2.75) is 26.8 Å². The summed E-state index contributed by atoms with van der Waals surface area (Å²) in [5.74, 6) is 3.56. The highest BCUT2D eigenvalue weighted by Gasteiger charge is 2.20. The second-order valence-corrected chi connectivity index (χ2v) is 7.52. The third kappa shape index (κ3) is 7.22. The highest BCUT2D eigenvalue weighted by molar-refractivity contribution is 14.0. The standard InChI is InChI=1S/C22H35N7O2.HI/c1-5-31-15-7-10-23-22(24-17-21-26-25-18(2)27(21)3)29-13-11-28(12-14-29)19-8-6-9-20(16-19)30-4;/h6,8-9,16H,5,7,10-15,17H2,1-4H3,(H,23,24);1H. The minimum Gasteiger partial charge on any atom is -0.497 e. The number of nitrogens with zero attached hydrogens (tertiary/aromatic N) is 6. The van der Waals surface area contributed by atoms with Crippen molar-refractivity contribution >= 4 is 35.6 Å². The number of piperazine rings is 1. The van der Waals surface area contributed by atoms with Crippen LogP contribution in [0.1, 0.15) is 25.0 Å². The summed E-state index contributed by atoms with van der Waals surface area (Å²) >= 11 is 0. The van der Waals surface area contributed by atoms with Crippen LogP contribution in [0.15, 0.2) is 29.3 Å². The highest BCUT2D eigenvalue weighted by atomic mass is 127. The van der Waals surface area contributed by atoms with Crippen LogP contribution in [0.4, 0.5) is 5.69 Å². The molecule has 3 rings (SSSR count). The molecule has 0 bridgehead atoms. The molecule has 1 aromatic heterocycles. The average Bonchev–Trinajstić information content (AvgIpc) is 3.13. The number of aliphatic imine (C=N–C) groups is 1. The third-order valence-electron chi connectivity index (χ3n) is 5.50. The minimum atomic E-state index is 0. The number of aromatic nitrogens is 3. The van der Waals surface area contributed by atoms with Gasteiger partial charge in [-0.05, 0) is 32.4 Å². The van der Waals surface area contributed by atoms with Gasteiger partial charge < -0.3 is 29.2 Å². The summed E-state index contributed by atoms with van der Waals surface area (Å²) in [7, 11) is 3.68. The van der Waals surface area contributed by atoms with Crippen molar-refractivity contribution in [1.29, 1.82) is 0 Å². The molecule has 0 amide bonds. The number of aryl methyl sites for hydroxylation is 1. The third-order valence-corrected chi connectivity index (χ3v) is 5.50. The zero-order chi connectivity index (χ0) is 22.1. The van der Waals surface area contributed by atoms with Crippen molar-refractivity contribution in [3.63, 3.8) is 0 Å². The van der Waals surface area contributed by atoms with Gasteiger partial charge in [-0.3, -0.25) is 0 Å². The average molecular weight is 557 g/mol. The number of benzene rings is 1. The van der Waals surface area contributed by atoms with E-state index in [0.29, 0.717) is 6.54 Å². The molecule has 1 saturated heterocycles. The molecular weight excluding hydrogens is 521 g/mol. The van der Waals surface area contributed by atoms with Crippen LogP contribution >= 0.6 is 24.0 Å². The Morgan fingerprint density at radius 1 is 1.19 bits per heavy atom. The molecule has 1 N–H and O–H groups in total. The predicted molar refractivity (Wildman–Crippen MR) is 138 cm³/mol. The van der Waals surface area contributed by atoms with E-state index in [-0.39, 0.29) is 24.0 Å². The van der Waals surface area contributed by atoms with Crippen LogP contribution in [0.25, 0.3) is 0 Å². The molecule has 0 saturated carbocycles. The van der Waals surface area contributed by atoms with Gasteiger partial charge in [-0.15, -0.1) is 34.2 Å². The normalized spacial score (nSPS) is 14.3. The molecule has 0 atom stereocenters. The maximum absolute atomic E-state index is 5.46. The van der Waals surface area contributed by atoms with E-state index in [1.807, 2.05) is 37.6 Å². The molecule has 178 valence electrons. The van der Waals surface area contributed by atoms with E-state index in [1.165, 1.54) is 5.69 Å². The summed E-state index contributed by atoms with van der Waals surface area (Å²) in [4.78, 5) is 9.57. The summed E-state index contributed by atoms with van der Waals surface area (Å²) in [6, 6.07) is 8.24. The monoisotopic (exact) mass is 557 g/mol. The molecule has 0 unspecified atom stereocenters. The Kier molecular flexibility index (Phi) is 11.0. The molecule has 2 aromatic rings. The van der Waals surface area contributed by atoms with Crippen LogP contribution < -0.4 is 15.0 Å². The Balaban J connectivity index is 0.00000363. The van der Waals surface area contributed by atoms with Gasteiger partial charge in [0.2, 0.25) is 0 Å². The quantitative estimate of drug-likeness (QED) is 0.220. The maximum Gasteiger partial charge on any atom is 0.194 e. The van der Waals surface area contributed by atoms with Gasteiger partial charge in [-0.2, -0.15) is 0 Å². The van der Waals surface area contributed by atoms with E-state index in [0.717, 1.165) is 75.7 Å². The van der Waals surface area contributed by atoms with Gasteiger partial charge in [-0.1, -0.05) is 6.07 Å². The molecular formula is C22H36IN7O2. The van der Waals surface area contributed by atoms with Crippen molar-refractivity contribution in [2.24, 2.45) is 12.0 Å². The van der Waals surface area contributed by atoms with Crippen LogP contribution in [0.2, 0.25) is 0 Å². The first-order valence-electron chi connectivity index (χ1n) is 11.0. The van der Waals surface area contributed by atoms with E-state index in [9.17, 15) is 0 Å². The second kappa shape index (κ2) is 13.5. The number of ether oxygens (including phenoxy) is 2. The van der Waals surface area contributed by atoms with E-state index >= 15 is 0 Å². The van der Waals surface area contributed by atoms with Crippen molar-refractivity contribution < 1.29 is 9.47 Å².